The van der Waals surface area contributed by atoms with Crippen LogP contribution < -0.4 is 9.80 Å². The molecule has 1 fully saturated rings. The monoisotopic (exact) mass is 395 g/mol. The maximum absolute atomic E-state index is 14.1. The predicted molar refractivity (Wildman–Crippen MR) is 123 cm³/mol. The standard InChI is InChI=1S/C27H23FN2/c28-24-6-1-2-7-25(24)30-16-14-29(15-17-30)18-22-11-10-21-9-8-19-4-3-5-20-12-13-23(22)27(21)26(19)20/h1-13H,14-18H2/p+1. The maximum atomic E-state index is 14.1. The molecule has 3 heteroatoms. The summed E-state index contributed by atoms with van der Waals surface area (Å²) in [6, 6.07) is 27.3. The molecule has 5 aromatic rings. The lowest BCUT2D eigenvalue weighted by molar-refractivity contribution is -0.914. The summed E-state index contributed by atoms with van der Waals surface area (Å²) in [6.07, 6.45) is 0. The molecule has 0 atom stereocenters. The van der Waals surface area contributed by atoms with Gasteiger partial charge in [0.15, 0.2) is 0 Å². The molecule has 0 radical (unpaired) electrons. The van der Waals surface area contributed by atoms with Gasteiger partial charge in [-0.25, -0.2) is 4.39 Å². The fraction of sp³-hybridized carbons (Fsp3) is 0.185. The molecule has 2 nitrogen and oxygen atoms in total. The van der Waals surface area contributed by atoms with E-state index in [-0.39, 0.29) is 5.82 Å². The number of halogens is 1. The van der Waals surface area contributed by atoms with Gasteiger partial charge in [-0.3, -0.25) is 0 Å². The normalized spacial score (nSPS) is 15.6. The summed E-state index contributed by atoms with van der Waals surface area (Å²) in [5, 5.41) is 8.10. The first-order valence-electron chi connectivity index (χ1n) is 10.8. The topological polar surface area (TPSA) is 7.68 Å². The fourth-order valence-corrected chi connectivity index (χ4v) is 5.17. The Morgan fingerprint density at radius 2 is 1.37 bits per heavy atom. The molecule has 1 aliphatic rings. The lowest BCUT2D eigenvalue weighted by Crippen LogP contribution is -3.13. The number of benzene rings is 5. The molecule has 6 rings (SSSR count). The van der Waals surface area contributed by atoms with Crippen LogP contribution in [-0.4, -0.2) is 26.2 Å². The molecule has 0 aliphatic carbocycles. The highest BCUT2D eigenvalue weighted by molar-refractivity contribution is 6.23. The van der Waals surface area contributed by atoms with Gasteiger partial charge in [-0.1, -0.05) is 66.7 Å². The summed E-state index contributed by atoms with van der Waals surface area (Å²) >= 11 is 0. The van der Waals surface area contributed by atoms with Crippen molar-refractivity contribution in [3.05, 3.63) is 90.2 Å². The van der Waals surface area contributed by atoms with E-state index < -0.39 is 0 Å². The van der Waals surface area contributed by atoms with Crippen molar-refractivity contribution in [2.24, 2.45) is 0 Å². The Labute approximate surface area is 175 Å². The molecule has 0 unspecified atom stereocenters. The average molecular weight is 396 g/mol. The van der Waals surface area contributed by atoms with Crippen LogP contribution in [0.5, 0.6) is 0 Å². The minimum absolute atomic E-state index is 0.118. The van der Waals surface area contributed by atoms with Crippen molar-refractivity contribution in [1.82, 2.24) is 0 Å². The van der Waals surface area contributed by atoms with Crippen molar-refractivity contribution in [3.63, 3.8) is 0 Å². The molecule has 0 aromatic heterocycles. The largest absolute Gasteiger partial charge is 0.358 e. The first-order chi connectivity index (χ1) is 14.8. The van der Waals surface area contributed by atoms with Crippen LogP contribution >= 0.6 is 0 Å². The lowest BCUT2D eigenvalue weighted by atomic mass is 9.92. The van der Waals surface area contributed by atoms with E-state index in [1.165, 1.54) is 37.9 Å². The highest BCUT2D eigenvalue weighted by Gasteiger charge is 2.23. The van der Waals surface area contributed by atoms with Crippen LogP contribution in [0.3, 0.4) is 0 Å². The van der Waals surface area contributed by atoms with Crippen LogP contribution in [-0.2, 0) is 6.54 Å². The Kier molecular flexibility index (Phi) is 4.10. The van der Waals surface area contributed by atoms with E-state index in [9.17, 15) is 4.39 Å². The quantitative estimate of drug-likeness (QED) is 0.438. The Balaban J connectivity index is 1.30. The third-order valence-corrected chi connectivity index (χ3v) is 6.72. The lowest BCUT2D eigenvalue weighted by Gasteiger charge is -2.34. The first kappa shape index (κ1) is 17.7. The van der Waals surface area contributed by atoms with E-state index >= 15 is 0 Å². The number of quaternary nitrogens is 1. The molecule has 1 aliphatic heterocycles. The van der Waals surface area contributed by atoms with Crippen molar-refractivity contribution >= 4 is 38.0 Å². The fourth-order valence-electron chi connectivity index (χ4n) is 5.17. The van der Waals surface area contributed by atoms with Crippen molar-refractivity contribution in [2.45, 2.75) is 6.54 Å². The molecule has 0 amide bonds. The van der Waals surface area contributed by atoms with Crippen molar-refractivity contribution in [1.29, 1.82) is 0 Å². The zero-order valence-corrected chi connectivity index (χ0v) is 16.9. The van der Waals surface area contributed by atoms with Gasteiger partial charge in [0, 0.05) is 5.56 Å². The van der Waals surface area contributed by atoms with E-state index in [2.05, 4.69) is 59.5 Å². The van der Waals surface area contributed by atoms with E-state index in [0.717, 1.165) is 38.4 Å². The summed E-state index contributed by atoms with van der Waals surface area (Å²) < 4.78 is 14.1. The van der Waals surface area contributed by atoms with Gasteiger partial charge < -0.3 is 9.80 Å². The smallest absolute Gasteiger partial charge is 0.146 e. The predicted octanol–water partition coefficient (Wildman–Crippen LogP) is 4.63. The van der Waals surface area contributed by atoms with Crippen LogP contribution in [0.2, 0.25) is 0 Å². The van der Waals surface area contributed by atoms with Gasteiger partial charge in [0.25, 0.3) is 0 Å². The Hall–Kier alpha value is -3.17. The number of nitrogens with one attached hydrogen (secondary N) is 1. The summed E-state index contributed by atoms with van der Waals surface area (Å²) in [5.74, 6) is -0.118. The van der Waals surface area contributed by atoms with E-state index in [1.807, 2.05) is 12.1 Å². The number of nitrogens with zero attached hydrogens (tertiary/aromatic N) is 1. The Morgan fingerprint density at radius 1 is 0.700 bits per heavy atom. The van der Waals surface area contributed by atoms with Crippen LogP contribution in [0.25, 0.3) is 32.3 Å². The second-order valence-electron chi connectivity index (χ2n) is 8.45. The zero-order chi connectivity index (χ0) is 20.1. The van der Waals surface area contributed by atoms with Gasteiger partial charge in [0.05, 0.1) is 31.9 Å². The number of piperazine rings is 1. The molecule has 0 saturated carbocycles. The second-order valence-corrected chi connectivity index (χ2v) is 8.45. The third kappa shape index (κ3) is 2.81. The summed E-state index contributed by atoms with van der Waals surface area (Å²) in [5.41, 5.74) is 2.15. The van der Waals surface area contributed by atoms with Gasteiger partial charge in [-0.2, -0.15) is 0 Å². The maximum Gasteiger partial charge on any atom is 0.146 e. The minimum Gasteiger partial charge on any atom is -0.358 e. The number of hydrogen-bond acceptors (Lipinski definition) is 1. The van der Waals surface area contributed by atoms with Crippen LogP contribution in [0.4, 0.5) is 10.1 Å². The van der Waals surface area contributed by atoms with E-state index in [4.69, 9.17) is 0 Å². The van der Waals surface area contributed by atoms with E-state index in [0.29, 0.717) is 0 Å². The number of anilines is 1. The average Bonchev–Trinajstić information content (AvgIpc) is 2.79. The molecular weight excluding hydrogens is 371 g/mol. The van der Waals surface area contributed by atoms with Gasteiger partial charge in [0.2, 0.25) is 0 Å². The Morgan fingerprint density at radius 3 is 2.13 bits per heavy atom. The van der Waals surface area contributed by atoms with Gasteiger partial charge >= 0.3 is 0 Å². The number of para-hydroxylation sites is 1. The summed E-state index contributed by atoms with van der Waals surface area (Å²) in [4.78, 5) is 3.75. The summed E-state index contributed by atoms with van der Waals surface area (Å²) in [7, 11) is 0. The highest BCUT2D eigenvalue weighted by atomic mass is 19.1. The van der Waals surface area contributed by atoms with Gasteiger partial charge in [-0.15, -0.1) is 0 Å². The molecule has 0 spiro atoms. The zero-order valence-electron chi connectivity index (χ0n) is 16.9. The van der Waals surface area contributed by atoms with Crippen LogP contribution in [0.15, 0.2) is 78.9 Å². The van der Waals surface area contributed by atoms with Gasteiger partial charge in [-0.05, 0) is 44.5 Å². The van der Waals surface area contributed by atoms with Crippen molar-refractivity contribution in [2.75, 3.05) is 31.1 Å². The van der Waals surface area contributed by atoms with Crippen molar-refractivity contribution < 1.29 is 9.29 Å². The van der Waals surface area contributed by atoms with Gasteiger partial charge in [0.1, 0.15) is 12.4 Å². The van der Waals surface area contributed by atoms with Crippen LogP contribution in [0.1, 0.15) is 5.56 Å². The molecule has 5 aromatic carbocycles. The molecule has 148 valence electrons. The minimum atomic E-state index is -0.118. The first-order valence-corrected chi connectivity index (χ1v) is 10.8. The van der Waals surface area contributed by atoms with Crippen LogP contribution in [0, 0.1) is 5.82 Å². The highest BCUT2D eigenvalue weighted by Crippen LogP contribution is 2.35. The molecule has 0 bridgehead atoms. The van der Waals surface area contributed by atoms with Crippen molar-refractivity contribution in [3.8, 4) is 0 Å². The molecule has 1 N–H and O–H groups in total. The molecule has 30 heavy (non-hydrogen) atoms. The summed E-state index contributed by atoms with van der Waals surface area (Å²) in [6.45, 7) is 4.84. The third-order valence-electron chi connectivity index (χ3n) is 6.72. The number of rotatable bonds is 3. The molecule has 1 heterocycles. The second kappa shape index (κ2) is 6.96. The SMILES string of the molecule is Fc1ccccc1N1CC[NH+](Cc2ccc3ccc4cccc5ccc2c3c45)CC1. The molecular formula is C27H24FN2+. The van der Waals surface area contributed by atoms with E-state index in [1.54, 1.807) is 17.0 Å². The molecule has 1 saturated heterocycles. The Bertz CT molecular complexity index is 1340. The number of hydrogen-bond donors (Lipinski definition) is 1.